The van der Waals surface area contributed by atoms with E-state index in [-0.39, 0.29) is 5.91 Å². The first-order chi connectivity index (χ1) is 10.3. The Morgan fingerprint density at radius 2 is 2.19 bits per heavy atom. The van der Waals surface area contributed by atoms with Gasteiger partial charge < -0.3 is 10.6 Å². The van der Waals surface area contributed by atoms with Crippen molar-refractivity contribution in [1.29, 1.82) is 0 Å². The number of pyridine rings is 1. The van der Waals surface area contributed by atoms with Gasteiger partial charge in [-0.15, -0.1) is 0 Å². The lowest BCUT2D eigenvalue weighted by atomic mass is 10.2. The molecule has 0 radical (unpaired) electrons. The van der Waals surface area contributed by atoms with Gasteiger partial charge in [-0.3, -0.25) is 14.9 Å². The number of rotatable bonds is 2. The maximum Gasteiger partial charge on any atom is 0.259 e. The van der Waals surface area contributed by atoms with Crippen LogP contribution in [0.2, 0.25) is 0 Å². The van der Waals surface area contributed by atoms with E-state index in [1.165, 1.54) is 0 Å². The lowest BCUT2D eigenvalue weighted by Gasteiger charge is -2.02. The molecular formula is C15H11N5O. The highest BCUT2D eigenvalue weighted by Gasteiger charge is 2.24. The topological polar surface area (TPSA) is 82.7 Å². The molecule has 2 aromatic heterocycles. The van der Waals surface area contributed by atoms with Gasteiger partial charge in [-0.05, 0) is 30.3 Å². The molecule has 1 aromatic carbocycles. The van der Waals surface area contributed by atoms with Crippen LogP contribution in [0.1, 0.15) is 5.69 Å². The van der Waals surface area contributed by atoms with Crippen molar-refractivity contribution in [3.8, 4) is 0 Å². The van der Waals surface area contributed by atoms with Gasteiger partial charge in [-0.25, -0.2) is 0 Å². The first kappa shape index (κ1) is 11.7. The summed E-state index contributed by atoms with van der Waals surface area (Å²) in [6.45, 7) is 0. The molecule has 102 valence electrons. The van der Waals surface area contributed by atoms with E-state index >= 15 is 0 Å². The minimum Gasteiger partial charge on any atom is -0.361 e. The first-order valence-corrected chi connectivity index (χ1v) is 6.48. The van der Waals surface area contributed by atoms with E-state index in [4.69, 9.17) is 0 Å². The Morgan fingerprint density at radius 3 is 3.14 bits per heavy atom. The number of benzene rings is 1. The molecule has 1 aliphatic heterocycles. The van der Waals surface area contributed by atoms with Crippen LogP contribution < -0.4 is 10.6 Å². The molecule has 6 nitrogen and oxygen atoms in total. The number of fused-ring (bicyclic) bond motifs is 2. The van der Waals surface area contributed by atoms with E-state index in [1.54, 1.807) is 24.7 Å². The van der Waals surface area contributed by atoms with E-state index in [9.17, 15) is 4.79 Å². The summed E-state index contributed by atoms with van der Waals surface area (Å²) in [5.74, 6) is -0.154. The van der Waals surface area contributed by atoms with Gasteiger partial charge >= 0.3 is 0 Å². The number of aromatic nitrogens is 3. The fourth-order valence-electron chi connectivity index (χ4n) is 2.33. The molecule has 1 amide bonds. The number of amides is 1. The molecule has 0 bridgehead atoms. The number of hydrogen-bond acceptors (Lipinski definition) is 4. The van der Waals surface area contributed by atoms with E-state index < -0.39 is 0 Å². The third-order valence-corrected chi connectivity index (χ3v) is 3.38. The predicted molar refractivity (Wildman–Crippen MR) is 80.6 cm³/mol. The Morgan fingerprint density at radius 1 is 1.24 bits per heavy atom. The Kier molecular flexibility index (Phi) is 2.47. The van der Waals surface area contributed by atoms with E-state index in [0.29, 0.717) is 11.3 Å². The van der Waals surface area contributed by atoms with Crippen LogP contribution in [0.15, 0.2) is 48.9 Å². The van der Waals surface area contributed by atoms with Crippen molar-refractivity contribution in [2.45, 2.75) is 0 Å². The minimum atomic E-state index is -0.154. The van der Waals surface area contributed by atoms with Crippen LogP contribution in [-0.2, 0) is 4.79 Å². The lowest BCUT2D eigenvalue weighted by molar-refractivity contribution is -0.110. The second-order valence-corrected chi connectivity index (χ2v) is 4.73. The molecule has 3 aromatic rings. The van der Waals surface area contributed by atoms with Gasteiger partial charge in [-0.1, -0.05) is 0 Å². The smallest absolute Gasteiger partial charge is 0.259 e. The summed E-state index contributed by atoms with van der Waals surface area (Å²) < 4.78 is 0. The van der Waals surface area contributed by atoms with Crippen molar-refractivity contribution in [3.63, 3.8) is 0 Å². The van der Waals surface area contributed by atoms with Gasteiger partial charge in [0.1, 0.15) is 5.69 Å². The number of carbonyl (C=O) groups is 1. The molecule has 4 rings (SSSR count). The molecule has 3 heterocycles. The number of nitrogens with zero attached hydrogens (tertiary/aromatic N) is 2. The average Bonchev–Trinajstić information content (AvgIpc) is 3.08. The maximum atomic E-state index is 11.9. The van der Waals surface area contributed by atoms with E-state index in [0.717, 1.165) is 22.3 Å². The van der Waals surface area contributed by atoms with Crippen molar-refractivity contribution < 1.29 is 4.79 Å². The van der Waals surface area contributed by atoms with E-state index in [2.05, 4.69) is 25.8 Å². The quantitative estimate of drug-likeness (QED) is 0.628. The zero-order valence-corrected chi connectivity index (χ0v) is 10.9. The molecule has 1 aliphatic rings. The summed E-state index contributed by atoms with van der Waals surface area (Å²) in [6.07, 6.45) is 5.11. The summed E-state index contributed by atoms with van der Waals surface area (Å²) in [4.78, 5) is 16.2. The van der Waals surface area contributed by atoms with Crippen LogP contribution in [0.4, 0.5) is 11.4 Å². The van der Waals surface area contributed by atoms with Gasteiger partial charge in [-0.2, -0.15) is 5.10 Å². The van der Waals surface area contributed by atoms with Crippen LogP contribution in [0.25, 0.3) is 16.5 Å². The first-order valence-electron chi connectivity index (χ1n) is 6.48. The Labute approximate surface area is 119 Å². The molecular weight excluding hydrogens is 266 g/mol. The van der Waals surface area contributed by atoms with Crippen LogP contribution in [-0.4, -0.2) is 21.1 Å². The zero-order valence-electron chi connectivity index (χ0n) is 10.9. The summed E-state index contributed by atoms with van der Waals surface area (Å²) >= 11 is 0. The van der Waals surface area contributed by atoms with Gasteiger partial charge in [0.25, 0.3) is 5.91 Å². The van der Waals surface area contributed by atoms with Gasteiger partial charge in [0.2, 0.25) is 0 Å². The zero-order chi connectivity index (χ0) is 14.2. The number of hydrogen-bond donors (Lipinski definition) is 3. The second-order valence-electron chi connectivity index (χ2n) is 4.73. The molecule has 0 saturated carbocycles. The third-order valence-electron chi connectivity index (χ3n) is 3.38. The van der Waals surface area contributed by atoms with E-state index in [1.807, 2.05) is 24.3 Å². The van der Waals surface area contributed by atoms with Gasteiger partial charge in [0, 0.05) is 23.5 Å². The summed E-state index contributed by atoms with van der Waals surface area (Å²) in [5, 5.41) is 13.8. The molecule has 0 fully saturated rings. The highest BCUT2D eigenvalue weighted by Crippen LogP contribution is 2.29. The normalized spacial score (nSPS) is 15.2. The largest absolute Gasteiger partial charge is 0.361 e. The second kappa shape index (κ2) is 4.45. The Hall–Kier alpha value is -3.15. The highest BCUT2D eigenvalue weighted by molar-refractivity contribution is 6.31. The standard InChI is InChI=1S/C15H11N5O/c21-15-11(14-12(19-15)2-1-5-16-14)8-17-10-4-3-9-7-18-20-13(9)6-10/h1-8,17H,(H,18,20)(H,19,21). The molecule has 3 N–H and O–H groups in total. The maximum absolute atomic E-state index is 11.9. The molecule has 0 unspecified atom stereocenters. The molecule has 21 heavy (non-hydrogen) atoms. The number of anilines is 2. The molecule has 0 atom stereocenters. The van der Waals surface area contributed by atoms with Crippen molar-refractivity contribution >= 4 is 33.8 Å². The molecule has 0 spiro atoms. The van der Waals surface area contributed by atoms with Crippen LogP contribution in [0.5, 0.6) is 0 Å². The minimum absolute atomic E-state index is 0.154. The van der Waals surface area contributed by atoms with Crippen molar-refractivity contribution in [2.75, 3.05) is 10.6 Å². The highest BCUT2D eigenvalue weighted by atomic mass is 16.2. The monoisotopic (exact) mass is 277 g/mol. The van der Waals surface area contributed by atoms with Crippen molar-refractivity contribution in [2.24, 2.45) is 0 Å². The fourth-order valence-corrected chi connectivity index (χ4v) is 2.33. The molecule has 0 aliphatic carbocycles. The Bertz CT molecular complexity index is 880. The van der Waals surface area contributed by atoms with Crippen LogP contribution >= 0.6 is 0 Å². The Balaban J connectivity index is 1.67. The average molecular weight is 277 g/mol. The van der Waals surface area contributed by atoms with Crippen LogP contribution in [0.3, 0.4) is 0 Å². The lowest BCUT2D eigenvalue weighted by Crippen LogP contribution is -2.05. The predicted octanol–water partition coefficient (Wildman–Crippen LogP) is 2.36. The summed E-state index contributed by atoms with van der Waals surface area (Å²) in [6, 6.07) is 9.45. The molecule has 6 heteroatoms. The van der Waals surface area contributed by atoms with Gasteiger partial charge in [0.15, 0.2) is 0 Å². The fraction of sp³-hybridized carbons (Fsp3) is 0. The SMILES string of the molecule is O=C1Nc2cccnc2C1=CNc1ccc2cn[nH]c2c1. The molecule has 0 saturated heterocycles. The van der Waals surface area contributed by atoms with Crippen molar-refractivity contribution in [3.05, 3.63) is 54.6 Å². The number of carbonyl (C=O) groups excluding carboxylic acids is 1. The van der Waals surface area contributed by atoms with Gasteiger partial charge in [0.05, 0.1) is 23.0 Å². The summed E-state index contributed by atoms with van der Waals surface area (Å²) in [7, 11) is 0. The number of nitrogens with one attached hydrogen (secondary N) is 3. The van der Waals surface area contributed by atoms with Crippen LogP contribution in [0, 0.1) is 0 Å². The summed E-state index contributed by atoms with van der Waals surface area (Å²) in [5.41, 5.74) is 3.73. The third kappa shape index (κ3) is 1.93. The number of H-pyrrole nitrogens is 1. The number of aromatic amines is 1. The van der Waals surface area contributed by atoms with Crippen molar-refractivity contribution in [1.82, 2.24) is 15.2 Å².